The highest BCUT2D eigenvalue weighted by Gasteiger charge is 2.19. The lowest BCUT2D eigenvalue weighted by Crippen LogP contribution is -2.12. The molecule has 0 aliphatic heterocycles. The van der Waals surface area contributed by atoms with Crippen molar-refractivity contribution in [2.75, 3.05) is 13.2 Å². The number of ether oxygens (including phenoxy) is 1. The second kappa shape index (κ2) is 8.83. The highest BCUT2D eigenvalue weighted by atomic mass is 16.5. The fraction of sp³-hybridized carbons (Fsp3) is 0.611. The summed E-state index contributed by atoms with van der Waals surface area (Å²) < 4.78 is 5.73. The Bertz CT molecular complexity index is 415. The second-order valence-corrected chi connectivity index (χ2v) is 5.87. The Kier molecular flexibility index (Phi) is 6.74. The summed E-state index contributed by atoms with van der Waals surface area (Å²) in [5.74, 6) is 1.87. The molecule has 1 aliphatic carbocycles. The normalized spacial score (nSPS) is 16.1. The average molecular weight is 290 g/mol. The third-order valence-electron chi connectivity index (χ3n) is 4.22. The average Bonchev–Trinajstić information content (AvgIpc) is 2.52. The number of aliphatic hydroxyl groups excluding tert-OH is 1. The maximum absolute atomic E-state index is 11.3. The van der Waals surface area contributed by atoms with Gasteiger partial charge in [0, 0.05) is 19.4 Å². The summed E-state index contributed by atoms with van der Waals surface area (Å²) in [6.07, 6.45) is 7.54. The Labute approximate surface area is 127 Å². The van der Waals surface area contributed by atoms with E-state index in [2.05, 4.69) is 12.1 Å². The topological polar surface area (TPSA) is 46.5 Å². The van der Waals surface area contributed by atoms with E-state index in [0.29, 0.717) is 11.7 Å². The first-order valence-corrected chi connectivity index (χ1v) is 8.15. The van der Waals surface area contributed by atoms with Crippen LogP contribution in [0.5, 0.6) is 5.75 Å². The van der Waals surface area contributed by atoms with Crippen molar-refractivity contribution in [3.05, 3.63) is 29.8 Å². The zero-order valence-electron chi connectivity index (χ0n) is 12.7. The van der Waals surface area contributed by atoms with Crippen LogP contribution in [-0.2, 0) is 4.79 Å². The third-order valence-corrected chi connectivity index (χ3v) is 4.22. The highest BCUT2D eigenvalue weighted by Crippen LogP contribution is 2.31. The van der Waals surface area contributed by atoms with Crippen molar-refractivity contribution in [3.8, 4) is 5.75 Å². The van der Waals surface area contributed by atoms with Crippen LogP contribution in [0.25, 0.3) is 0 Å². The van der Waals surface area contributed by atoms with Crippen LogP contribution in [-0.4, -0.2) is 24.1 Å². The Balaban J connectivity index is 1.70. The lowest BCUT2D eigenvalue weighted by molar-refractivity contribution is -0.120. The van der Waals surface area contributed by atoms with E-state index in [1.54, 1.807) is 0 Å². The number of benzene rings is 1. The Morgan fingerprint density at radius 2 is 1.67 bits per heavy atom. The summed E-state index contributed by atoms with van der Waals surface area (Å²) in [4.78, 5) is 11.3. The molecule has 116 valence electrons. The number of rotatable bonds is 8. The highest BCUT2D eigenvalue weighted by molar-refractivity contribution is 5.79. The summed E-state index contributed by atoms with van der Waals surface area (Å²) in [6.45, 7) is 1.03. The number of aliphatic hydroxyl groups is 1. The molecule has 3 heteroatoms. The van der Waals surface area contributed by atoms with Crippen LogP contribution in [0.4, 0.5) is 0 Å². The number of carbonyl (C=O) groups is 1. The van der Waals surface area contributed by atoms with Gasteiger partial charge in [-0.3, -0.25) is 4.79 Å². The molecular weight excluding hydrogens is 264 g/mol. The van der Waals surface area contributed by atoms with E-state index in [1.807, 2.05) is 12.1 Å². The monoisotopic (exact) mass is 290 g/mol. The van der Waals surface area contributed by atoms with Gasteiger partial charge in [0.1, 0.15) is 11.5 Å². The molecule has 1 saturated carbocycles. The molecule has 0 heterocycles. The molecule has 21 heavy (non-hydrogen) atoms. The van der Waals surface area contributed by atoms with Crippen molar-refractivity contribution in [1.82, 2.24) is 0 Å². The molecule has 2 rings (SSSR count). The summed E-state index contributed by atoms with van der Waals surface area (Å²) in [7, 11) is 0. The van der Waals surface area contributed by atoms with Crippen LogP contribution < -0.4 is 4.74 Å². The first kappa shape index (κ1) is 16.0. The van der Waals surface area contributed by atoms with Gasteiger partial charge in [0.2, 0.25) is 0 Å². The number of ketones is 1. The molecule has 1 fully saturated rings. The van der Waals surface area contributed by atoms with Crippen LogP contribution in [0.2, 0.25) is 0 Å². The first-order valence-electron chi connectivity index (χ1n) is 8.15. The van der Waals surface area contributed by atoms with E-state index in [9.17, 15) is 4.79 Å². The van der Waals surface area contributed by atoms with Gasteiger partial charge in [-0.05, 0) is 55.7 Å². The van der Waals surface area contributed by atoms with Gasteiger partial charge in [0.05, 0.1) is 6.61 Å². The van der Waals surface area contributed by atoms with Crippen LogP contribution in [0.1, 0.15) is 62.8 Å². The molecule has 3 nitrogen and oxygen atoms in total. The lowest BCUT2D eigenvalue weighted by atomic mass is 9.83. The van der Waals surface area contributed by atoms with Crippen molar-refractivity contribution in [2.24, 2.45) is 0 Å². The van der Waals surface area contributed by atoms with Gasteiger partial charge in [-0.15, -0.1) is 0 Å². The molecule has 0 atom stereocenters. The zero-order chi connectivity index (χ0) is 14.9. The van der Waals surface area contributed by atoms with Crippen molar-refractivity contribution < 1.29 is 14.6 Å². The smallest absolute Gasteiger partial charge is 0.132 e. The van der Waals surface area contributed by atoms with Crippen molar-refractivity contribution in [1.29, 1.82) is 0 Å². The van der Waals surface area contributed by atoms with E-state index in [-0.39, 0.29) is 6.61 Å². The van der Waals surface area contributed by atoms with Crippen LogP contribution in [0, 0.1) is 0 Å². The van der Waals surface area contributed by atoms with Gasteiger partial charge in [-0.2, -0.15) is 0 Å². The quantitative estimate of drug-likeness (QED) is 0.740. The molecule has 1 N–H and O–H groups in total. The Hall–Kier alpha value is -1.35. The SMILES string of the molecule is O=C1CCC(c2ccc(OCCCCCCO)cc2)CC1. The molecule has 1 aromatic carbocycles. The van der Waals surface area contributed by atoms with E-state index >= 15 is 0 Å². The van der Waals surface area contributed by atoms with E-state index in [0.717, 1.165) is 63.7 Å². The Morgan fingerprint density at radius 3 is 2.33 bits per heavy atom. The second-order valence-electron chi connectivity index (χ2n) is 5.87. The lowest BCUT2D eigenvalue weighted by Gasteiger charge is -2.21. The molecule has 0 bridgehead atoms. The Morgan fingerprint density at radius 1 is 1.00 bits per heavy atom. The summed E-state index contributed by atoms with van der Waals surface area (Å²) >= 11 is 0. The minimum absolute atomic E-state index is 0.287. The molecule has 0 unspecified atom stereocenters. The molecule has 0 saturated heterocycles. The molecule has 0 spiro atoms. The van der Waals surface area contributed by atoms with Gasteiger partial charge in [0.25, 0.3) is 0 Å². The number of unbranched alkanes of at least 4 members (excludes halogenated alkanes) is 3. The minimum atomic E-state index is 0.287. The van der Waals surface area contributed by atoms with Crippen molar-refractivity contribution in [2.45, 2.75) is 57.3 Å². The van der Waals surface area contributed by atoms with Gasteiger partial charge in [-0.25, -0.2) is 0 Å². The molecular formula is C18H26O3. The van der Waals surface area contributed by atoms with E-state index in [4.69, 9.17) is 9.84 Å². The largest absolute Gasteiger partial charge is 0.494 e. The summed E-state index contributed by atoms with van der Waals surface area (Å²) in [6, 6.07) is 8.36. The van der Waals surface area contributed by atoms with Gasteiger partial charge in [0.15, 0.2) is 0 Å². The number of carbonyl (C=O) groups excluding carboxylic acids is 1. The van der Waals surface area contributed by atoms with E-state index < -0.39 is 0 Å². The van der Waals surface area contributed by atoms with Crippen molar-refractivity contribution in [3.63, 3.8) is 0 Å². The minimum Gasteiger partial charge on any atom is -0.494 e. The molecule has 0 amide bonds. The third kappa shape index (κ3) is 5.50. The number of Topliss-reactive ketones (excluding diaryl/α,β-unsaturated/α-hetero) is 1. The summed E-state index contributed by atoms with van der Waals surface area (Å²) in [5.41, 5.74) is 1.33. The number of hydrogen-bond acceptors (Lipinski definition) is 3. The van der Waals surface area contributed by atoms with Crippen LogP contribution >= 0.6 is 0 Å². The van der Waals surface area contributed by atoms with Crippen LogP contribution in [0.3, 0.4) is 0 Å². The summed E-state index contributed by atoms with van der Waals surface area (Å²) in [5, 5.41) is 8.70. The maximum Gasteiger partial charge on any atom is 0.132 e. The van der Waals surface area contributed by atoms with Gasteiger partial charge < -0.3 is 9.84 Å². The molecule has 1 aliphatic rings. The standard InChI is InChI=1S/C18H26O3/c19-13-3-1-2-4-14-21-18-11-7-16(8-12-18)15-5-9-17(20)10-6-15/h7-8,11-12,15,19H,1-6,9-10,13-14H2. The van der Waals surface area contributed by atoms with Crippen molar-refractivity contribution >= 4 is 5.78 Å². The predicted molar refractivity (Wildman–Crippen MR) is 83.7 cm³/mol. The van der Waals surface area contributed by atoms with E-state index in [1.165, 1.54) is 5.56 Å². The van der Waals surface area contributed by atoms with Gasteiger partial charge >= 0.3 is 0 Å². The fourth-order valence-electron chi connectivity index (χ4n) is 2.87. The van der Waals surface area contributed by atoms with Gasteiger partial charge in [-0.1, -0.05) is 18.6 Å². The van der Waals surface area contributed by atoms with Crippen LogP contribution in [0.15, 0.2) is 24.3 Å². The fourth-order valence-corrected chi connectivity index (χ4v) is 2.87. The molecule has 0 aromatic heterocycles. The molecule has 0 radical (unpaired) electrons. The first-order chi connectivity index (χ1) is 10.3. The number of hydrogen-bond donors (Lipinski definition) is 1. The molecule has 1 aromatic rings. The predicted octanol–water partition coefficient (Wildman–Crippen LogP) is 3.84. The maximum atomic E-state index is 11.3. The zero-order valence-corrected chi connectivity index (χ0v) is 12.7.